The van der Waals surface area contributed by atoms with Crippen molar-refractivity contribution in [2.75, 3.05) is 13.2 Å². The van der Waals surface area contributed by atoms with E-state index in [0.29, 0.717) is 25.9 Å². The Morgan fingerprint density at radius 1 is 0.326 bits per heavy atom. The molecule has 0 aromatic rings. The number of amides is 1. The van der Waals surface area contributed by atoms with Crippen LogP contribution in [-0.2, 0) is 14.3 Å². The monoisotopic (exact) mass is 1210 g/mol. The number of allylic oxidation sites excluding steroid dienone is 6. The summed E-state index contributed by atoms with van der Waals surface area (Å²) in [6.07, 6.45) is 97.9. The number of unbranched alkanes of at least 4 members (excludes halogenated alkanes) is 57. The van der Waals surface area contributed by atoms with E-state index in [0.717, 1.165) is 51.4 Å². The fourth-order valence-electron chi connectivity index (χ4n) is 12.4. The Bertz CT molecular complexity index is 1390. The lowest BCUT2D eigenvalue weighted by atomic mass is 10.0. The van der Waals surface area contributed by atoms with Gasteiger partial charge in [0, 0.05) is 12.8 Å². The molecule has 0 saturated carbocycles. The first-order chi connectivity index (χ1) is 42.5. The molecule has 0 saturated heterocycles. The van der Waals surface area contributed by atoms with Crippen LogP contribution in [0, 0.1) is 0 Å². The number of aliphatic hydroxyl groups excluding tert-OH is 2. The van der Waals surface area contributed by atoms with Crippen LogP contribution in [0.15, 0.2) is 36.5 Å². The second kappa shape index (κ2) is 75.5. The molecule has 0 aliphatic carbocycles. The second-order valence-electron chi connectivity index (χ2n) is 27.0. The molecule has 0 heterocycles. The van der Waals surface area contributed by atoms with E-state index in [9.17, 15) is 19.8 Å². The van der Waals surface area contributed by atoms with Crippen LogP contribution >= 0.6 is 0 Å². The maximum Gasteiger partial charge on any atom is 0.305 e. The van der Waals surface area contributed by atoms with Crippen LogP contribution in [0.1, 0.15) is 438 Å². The van der Waals surface area contributed by atoms with Crippen LogP contribution in [0.5, 0.6) is 0 Å². The summed E-state index contributed by atoms with van der Waals surface area (Å²) in [6, 6.07) is -0.544. The molecule has 2 unspecified atom stereocenters. The Balaban J connectivity index is 3.38. The van der Waals surface area contributed by atoms with Crippen molar-refractivity contribution in [1.82, 2.24) is 5.32 Å². The van der Waals surface area contributed by atoms with Crippen molar-refractivity contribution >= 4 is 11.9 Å². The highest BCUT2D eigenvalue weighted by Gasteiger charge is 2.20. The fourth-order valence-corrected chi connectivity index (χ4v) is 12.4. The zero-order valence-electron chi connectivity index (χ0n) is 58.3. The minimum absolute atomic E-state index is 0.00868. The van der Waals surface area contributed by atoms with Crippen LogP contribution < -0.4 is 5.32 Å². The molecular formula is C80H153NO5. The molecule has 0 rings (SSSR count). The van der Waals surface area contributed by atoms with Crippen LogP contribution in [-0.4, -0.2) is 47.4 Å². The Hall–Kier alpha value is -1.92. The maximum atomic E-state index is 12.6. The molecular weight excluding hydrogens is 1050 g/mol. The van der Waals surface area contributed by atoms with E-state index in [1.54, 1.807) is 0 Å². The number of esters is 1. The van der Waals surface area contributed by atoms with Crippen LogP contribution in [0.25, 0.3) is 0 Å². The highest BCUT2D eigenvalue weighted by atomic mass is 16.5. The van der Waals surface area contributed by atoms with Gasteiger partial charge < -0.3 is 20.3 Å². The topological polar surface area (TPSA) is 95.9 Å². The summed E-state index contributed by atoms with van der Waals surface area (Å²) in [5.41, 5.74) is 0. The zero-order valence-corrected chi connectivity index (χ0v) is 58.3. The predicted octanol–water partition coefficient (Wildman–Crippen LogP) is 25.8. The quantitative estimate of drug-likeness (QED) is 0.0320. The lowest BCUT2D eigenvalue weighted by molar-refractivity contribution is -0.143. The summed E-state index contributed by atoms with van der Waals surface area (Å²) < 4.78 is 5.51. The number of nitrogens with one attached hydrogen (secondary N) is 1. The van der Waals surface area contributed by atoms with Crippen LogP contribution in [0.2, 0.25) is 0 Å². The number of hydrogen-bond acceptors (Lipinski definition) is 5. The Morgan fingerprint density at radius 3 is 0.907 bits per heavy atom. The second-order valence-corrected chi connectivity index (χ2v) is 27.0. The molecule has 6 heteroatoms. The average molecular weight is 1210 g/mol. The summed E-state index contributed by atoms with van der Waals surface area (Å²) in [5, 5.41) is 23.5. The molecule has 0 aromatic heterocycles. The number of hydrogen-bond donors (Lipinski definition) is 3. The smallest absolute Gasteiger partial charge is 0.305 e. The number of aliphatic hydroxyl groups is 2. The molecule has 0 spiro atoms. The number of rotatable bonds is 74. The van der Waals surface area contributed by atoms with Gasteiger partial charge in [-0.1, -0.05) is 378 Å². The Morgan fingerprint density at radius 2 is 0.581 bits per heavy atom. The average Bonchev–Trinajstić information content (AvgIpc) is 3.54. The summed E-state index contributed by atoms with van der Waals surface area (Å²) in [5.74, 6) is -0.0221. The van der Waals surface area contributed by atoms with E-state index in [2.05, 4.69) is 55.6 Å². The summed E-state index contributed by atoms with van der Waals surface area (Å²) >= 11 is 0. The van der Waals surface area contributed by atoms with Crippen molar-refractivity contribution in [1.29, 1.82) is 0 Å². The molecule has 0 fully saturated rings. The first-order valence-electron chi connectivity index (χ1n) is 39.2. The third kappa shape index (κ3) is 71.2. The molecule has 0 aliphatic heterocycles. The molecule has 86 heavy (non-hydrogen) atoms. The van der Waals surface area contributed by atoms with E-state index >= 15 is 0 Å². The SMILES string of the molecule is CCCCCC/C=C\C/C=C\CCCCCCCCCC(=O)OCCCCCCCCCCCCCC/C=C\CCCCCCCCCCCCCC(=O)NC(CO)C(O)CCCCCCCCCCCCCCCCCCCCCCCCCC. The molecule has 0 radical (unpaired) electrons. The van der Waals surface area contributed by atoms with E-state index in [1.807, 2.05) is 0 Å². The van der Waals surface area contributed by atoms with E-state index in [1.165, 1.54) is 353 Å². The standard InChI is InChI=1S/C80H153NO5/c1-3-5-7-9-11-13-15-17-19-21-23-24-25-31-34-37-40-44-48-52-56-60-64-68-72-78(83)77(76-82)81-79(84)73-69-65-61-57-53-49-45-41-38-35-32-29-27-26-28-30-33-36-39-43-47-51-55-59-63-67-71-75-86-80(85)74-70-66-62-58-54-50-46-42-22-20-18-16-14-12-10-8-6-4-2/h14,16,20,22,26-27,77-78,82-83H,3-13,15,17-19,21,23-25,28-76H2,1-2H3,(H,81,84)/b16-14-,22-20-,27-26-. The molecule has 0 aliphatic rings. The Kier molecular flexibility index (Phi) is 73.9. The van der Waals surface area contributed by atoms with Crippen molar-refractivity contribution in [3.63, 3.8) is 0 Å². The largest absolute Gasteiger partial charge is 0.466 e. The lowest BCUT2D eigenvalue weighted by Crippen LogP contribution is -2.45. The minimum atomic E-state index is -0.667. The van der Waals surface area contributed by atoms with Crippen LogP contribution in [0.4, 0.5) is 0 Å². The Labute approximate surface area is 538 Å². The zero-order chi connectivity index (χ0) is 62.0. The third-order valence-corrected chi connectivity index (χ3v) is 18.4. The van der Waals surface area contributed by atoms with Gasteiger partial charge in [-0.3, -0.25) is 9.59 Å². The van der Waals surface area contributed by atoms with Gasteiger partial charge in [-0.15, -0.1) is 0 Å². The lowest BCUT2D eigenvalue weighted by Gasteiger charge is -2.22. The van der Waals surface area contributed by atoms with Crippen LogP contribution in [0.3, 0.4) is 0 Å². The highest BCUT2D eigenvalue weighted by molar-refractivity contribution is 5.76. The van der Waals surface area contributed by atoms with Crippen molar-refractivity contribution in [2.24, 2.45) is 0 Å². The number of carbonyl (C=O) groups is 2. The van der Waals surface area contributed by atoms with Crippen molar-refractivity contribution in [3.05, 3.63) is 36.5 Å². The molecule has 6 nitrogen and oxygen atoms in total. The maximum absolute atomic E-state index is 12.6. The normalized spacial score (nSPS) is 12.7. The fraction of sp³-hybridized carbons (Fsp3) is 0.900. The van der Waals surface area contributed by atoms with Gasteiger partial charge in [0.15, 0.2) is 0 Å². The summed E-state index contributed by atoms with van der Waals surface area (Å²) in [4.78, 5) is 24.7. The highest BCUT2D eigenvalue weighted by Crippen LogP contribution is 2.20. The van der Waals surface area contributed by atoms with Crippen molar-refractivity contribution in [2.45, 2.75) is 450 Å². The molecule has 508 valence electrons. The van der Waals surface area contributed by atoms with Crippen molar-refractivity contribution in [3.8, 4) is 0 Å². The van der Waals surface area contributed by atoms with Gasteiger partial charge >= 0.3 is 5.97 Å². The van der Waals surface area contributed by atoms with Gasteiger partial charge in [0.2, 0.25) is 5.91 Å². The first kappa shape index (κ1) is 84.1. The molecule has 2 atom stereocenters. The van der Waals surface area contributed by atoms with E-state index in [4.69, 9.17) is 4.74 Å². The number of ether oxygens (including phenoxy) is 1. The van der Waals surface area contributed by atoms with Gasteiger partial charge in [-0.05, 0) is 83.5 Å². The van der Waals surface area contributed by atoms with Gasteiger partial charge in [-0.2, -0.15) is 0 Å². The summed E-state index contributed by atoms with van der Waals surface area (Å²) in [7, 11) is 0. The summed E-state index contributed by atoms with van der Waals surface area (Å²) in [6.45, 7) is 4.98. The molecule has 3 N–H and O–H groups in total. The molecule has 0 bridgehead atoms. The molecule has 1 amide bonds. The van der Waals surface area contributed by atoms with Gasteiger partial charge in [-0.25, -0.2) is 0 Å². The van der Waals surface area contributed by atoms with E-state index in [-0.39, 0.29) is 18.5 Å². The van der Waals surface area contributed by atoms with Gasteiger partial charge in [0.1, 0.15) is 0 Å². The van der Waals surface area contributed by atoms with Gasteiger partial charge in [0.25, 0.3) is 0 Å². The third-order valence-electron chi connectivity index (χ3n) is 18.4. The van der Waals surface area contributed by atoms with E-state index < -0.39 is 12.1 Å². The van der Waals surface area contributed by atoms with Gasteiger partial charge in [0.05, 0.1) is 25.4 Å². The predicted molar refractivity (Wildman–Crippen MR) is 379 cm³/mol. The minimum Gasteiger partial charge on any atom is -0.466 e. The first-order valence-corrected chi connectivity index (χ1v) is 39.2. The number of carbonyl (C=O) groups excluding carboxylic acids is 2. The molecule has 0 aromatic carbocycles. The van der Waals surface area contributed by atoms with Crippen molar-refractivity contribution < 1.29 is 24.5 Å².